The van der Waals surface area contributed by atoms with E-state index in [9.17, 15) is 0 Å². The van der Waals surface area contributed by atoms with Gasteiger partial charge in [-0.05, 0) is 55.5 Å². The van der Waals surface area contributed by atoms with E-state index in [0.29, 0.717) is 5.02 Å². The Morgan fingerprint density at radius 1 is 1.14 bits per heavy atom. The molecule has 0 saturated heterocycles. The van der Waals surface area contributed by atoms with Crippen molar-refractivity contribution in [1.82, 2.24) is 5.43 Å². The molecule has 1 unspecified atom stereocenters. The summed E-state index contributed by atoms with van der Waals surface area (Å²) >= 11 is 12.2. The Kier molecular flexibility index (Phi) is 6.07. The normalized spacial score (nSPS) is 12.4. The fourth-order valence-corrected chi connectivity index (χ4v) is 2.81. The summed E-state index contributed by atoms with van der Waals surface area (Å²) in [7, 11) is 0. The third kappa shape index (κ3) is 5.01. The molecule has 0 spiro atoms. The van der Waals surface area contributed by atoms with Crippen molar-refractivity contribution in [2.24, 2.45) is 5.84 Å². The second-order valence-corrected chi connectivity index (χ2v) is 6.17. The molecule has 0 bridgehead atoms. The lowest BCUT2D eigenvalue weighted by atomic mass is 9.99. The van der Waals surface area contributed by atoms with E-state index < -0.39 is 0 Å². The molecular weight excluding hydrogens is 303 g/mol. The number of rotatable bonds is 6. The molecule has 21 heavy (non-hydrogen) atoms. The van der Waals surface area contributed by atoms with Gasteiger partial charge in [-0.25, -0.2) is 0 Å². The van der Waals surface area contributed by atoms with Crippen LogP contribution >= 0.6 is 23.2 Å². The maximum absolute atomic E-state index is 6.21. The van der Waals surface area contributed by atoms with Crippen LogP contribution < -0.4 is 11.3 Å². The number of nitrogens with two attached hydrogens (primary N) is 1. The van der Waals surface area contributed by atoms with Gasteiger partial charge in [-0.2, -0.15) is 0 Å². The second-order valence-electron chi connectivity index (χ2n) is 5.33. The molecule has 4 heteroatoms. The summed E-state index contributed by atoms with van der Waals surface area (Å²) in [6, 6.07) is 14.2. The van der Waals surface area contributed by atoms with Crippen molar-refractivity contribution < 1.29 is 0 Å². The molecule has 3 N–H and O–H groups in total. The molecule has 112 valence electrons. The summed E-state index contributed by atoms with van der Waals surface area (Å²) < 4.78 is 0. The lowest BCUT2D eigenvalue weighted by Crippen LogP contribution is -2.37. The summed E-state index contributed by atoms with van der Waals surface area (Å²) in [6.45, 7) is 2.11. The van der Waals surface area contributed by atoms with Gasteiger partial charge in [-0.1, -0.05) is 53.0 Å². The number of hydrazine groups is 1. The summed E-state index contributed by atoms with van der Waals surface area (Å²) in [5.74, 6) is 5.68. The van der Waals surface area contributed by atoms with E-state index in [2.05, 4.69) is 36.6 Å². The highest BCUT2D eigenvalue weighted by Gasteiger charge is 2.11. The first kappa shape index (κ1) is 16.3. The fourth-order valence-electron chi connectivity index (χ4n) is 2.42. The van der Waals surface area contributed by atoms with Crippen molar-refractivity contribution >= 4 is 23.2 Å². The Hall–Kier alpha value is -1.06. The topological polar surface area (TPSA) is 38.0 Å². The molecule has 0 heterocycles. The highest BCUT2D eigenvalue weighted by Crippen LogP contribution is 2.22. The first-order valence-corrected chi connectivity index (χ1v) is 7.79. The number of nitrogens with one attached hydrogen (secondary N) is 1. The Balaban J connectivity index is 1.98. The average Bonchev–Trinajstić information content (AvgIpc) is 2.47. The van der Waals surface area contributed by atoms with Gasteiger partial charge in [0.2, 0.25) is 0 Å². The van der Waals surface area contributed by atoms with Crippen molar-refractivity contribution in [2.75, 3.05) is 0 Å². The quantitative estimate of drug-likeness (QED) is 0.614. The van der Waals surface area contributed by atoms with Crippen molar-refractivity contribution in [3.8, 4) is 0 Å². The summed E-state index contributed by atoms with van der Waals surface area (Å²) in [6.07, 6.45) is 2.69. The first-order valence-electron chi connectivity index (χ1n) is 7.04. The zero-order valence-corrected chi connectivity index (χ0v) is 13.6. The van der Waals surface area contributed by atoms with Gasteiger partial charge in [-0.15, -0.1) is 0 Å². The average molecular weight is 323 g/mol. The minimum absolute atomic E-state index is 0.168. The number of hydrogen-bond donors (Lipinski definition) is 2. The van der Waals surface area contributed by atoms with Gasteiger partial charge in [0.1, 0.15) is 0 Å². The molecule has 0 amide bonds. The molecule has 0 aliphatic rings. The van der Waals surface area contributed by atoms with Crippen molar-refractivity contribution in [2.45, 2.75) is 32.2 Å². The van der Waals surface area contributed by atoms with Gasteiger partial charge >= 0.3 is 0 Å². The van der Waals surface area contributed by atoms with E-state index in [1.165, 1.54) is 11.1 Å². The monoisotopic (exact) mass is 322 g/mol. The van der Waals surface area contributed by atoms with Gasteiger partial charge in [0.25, 0.3) is 0 Å². The highest BCUT2D eigenvalue weighted by molar-refractivity contribution is 6.33. The van der Waals surface area contributed by atoms with E-state index in [1.54, 1.807) is 6.07 Å². The molecule has 0 aliphatic carbocycles. The molecular formula is C17H20Cl2N2. The van der Waals surface area contributed by atoms with E-state index >= 15 is 0 Å². The van der Waals surface area contributed by atoms with Crippen LogP contribution in [0.1, 0.15) is 23.1 Å². The van der Waals surface area contributed by atoms with E-state index in [-0.39, 0.29) is 6.04 Å². The maximum atomic E-state index is 6.21. The van der Waals surface area contributed by atoms with Crippen LogP contribution in [-0.4, -0.2) is 6.04 Å². The Bertz CT molecular complexity index is 599. The van der Waals surface area contributed by atoms with Crippen molar-refractivity contribution in [1.29, 1.82) is 0 Å². The van der Waals surface area contributed by atoms with Gasteiger partial charge in [-0.3, -0.25) is 11.3 Å². The van der Waals surface area contributed by atoms with Crippen LogP contribution in [0.25, 0.3) is 0 Å². The van der Waals surface area contributed by atoms with Crippen LogP contribution in [-0.2, 0) is 12.8 Å². The van der Waals surface area contributed by atoms with Crippen LogP contribution in [0.15, 0.2) is 42.5 Å². The van der Waals surface area contributed by atoms with Gasteiger partial charge in [0, 0.05) is 16.1 Å². The van der Waals surface area contributed by atoms with Crippen molar-refractivity contribution in [3.63, 3.8) is 0 Å². The lowest BCUT2D eigenvalue weighted by molar-refractivity contribution is 0.491. The Morgan fingerprint density at radius 2 is 1.95 bits per heavy atom. The smallest absolute Gasteiger partial charge is 0.0439 e. The summed E-state index contributed by atoms with van der Waals surface area (Å²) in [4.78, 5) is 0. The molecule has 2 aromatic carbocycles. The number of halogens is 2. The molecule has 0 aromatic heterocycles. The third-order valence-corrected chi connectivity index (χ3v) is 4.18. The molecule has 0 aliphatic heterocycles. The number of hydrogen-bond acceptors (Lipinski definition) is 2. The fraction of sp³-hybridized carbons (Fsp3) is 0.294. The van der Waals surface area contributed by atoms with Crippen LogP contribution in [0.3, 0.4) is 0 Å². The zero-order chi connectivity index (χ0) is 15.2. The molecule has 2 nitrogen and oxygen atoms in total. The lowest BCUT2D eigenvalue weighted by Gasteiger charge is -2.17. The zero-order valence-electron chi connectivity index (χ0n) is 12.1. The standard InChI is InChI=1S/C17H20Cl2N2/c1-12-3-2-4-13(9-12)5-7-16(21-20)11-14-10-15(18)6-8-17(14)19/h2-4,6,8-10,16,21H,5,7,11,20H2,1H3. The summed E-state index contributed by atoms with van der Waals surface area (Å²) in [5, 5.41) is 1.43. The number of benzene rings is 2. The third-order valence-electron chi connectivity index (χ3n) is 3.57. The molecule has 0 saturated carbocycles. The largest absolute Gasteiger partial charge is 0.271 e. The van der Waals surface area contributed by atoms with E-state index in [4.69, 9.17) is 29.0 Å². The van der Waals surface area contributed by atoms with Gasteiger partial charge in [0.05, 0.1) is 0 Å². The Morgan fingerprint density at radius 3 is 2.67 bits per heavy atom. The molecule has 2 rings (SSSR count). The van der Waals surface area contributed by atoms with Crippen molar-refractivity contribution in [3.05, 3.63) is 69.2 Å². The van der Waals surface area contributed by atoms with E-state index in [1.807, 2.05) is 12.1 Å². The predicted octanol–water partition coefficient (Wildman–Crippen LogP) is 4.31. The minimum Gasteiger partial charge on any atom is -0.271 e. The van der Waals surface area contributed by atoms with Crippen LogP contribution in [0.2, 0.25) is 10.0 Å². The molecule has 0 radical (unpaired) electrons. The van der Waals surface area contributed by atoms with Crippen LogP contribution in [0.4, 0.5) is 0 Å². The Labute approximate surface area is 136 Å². The molecule has 0 fully saturated rings. The predicted molar refractivity (Wildman–Crippen MR) is 90.8 cm³/mol. The van der Waals surface area contributed by atoms with Gasteiger partial charge < -0.3 is 0 Å². The van der Waals surface area contributed by atoms with Crippen LogP contribution in [0, 0.1) is 6.92 Å². The van der Waals surface area contributed by atoms with Gasteiger partial charge in [0.15, 0.2) is 0 Å². The van der Waals surface area contributed by atoms with Crippen LogP contribution in [0.5, 0.6) is 0 Å². The maximum Gasteiger partial charge on any atom is 0.0439 e. The molecule has 1 atom stereocenters. The summed E-state index contributed by atoms with van der Waals surface area (Å²) in [5.41, 5.74) is 6.51. The SMILES string of the molecule is Cc1cccc(CCC(Cc2cc(Cl)ccc2Cl)NN)c1. The highest BCUT2D eigenvalue weighted by atomic mass is 35.5. The first-order chi connectivity index (χ1) is 10.1. The van der Waals surface area contributed by atoms with E-state index in [0.717, 1.165) is 29.8 Å². The molecule has 2 aromatic rings. The minimum atomic E-state index is 0.168. The number of aryl methyl sites for hydroxylation is 2. The second kappa shape index (κ2) is 7.81.